The maximum atomic E-state index is 12.9. The van der Waals surface area contributed by atoms with Crippen LogP contribution < -0.4 is 5.32 Å². The van der Waals surface area contributed by atoms with Crippen molar-refractivity contribution in [2.75, 3.05) is 7.11 Å². The van der Waals surface area contributed by atoms with E-state index in [1.807, 2.05) is 66.7 Å². The summed E-state index contributed by atoms with van der Waals surface area (Å²) in [5, 5.41) is 2.94. The molecule has 0 fully saturated rings. The molecule has 28 heavy (non-hydrogen) atoms. The quantitative estimate of drug-likeness (QED) is 0.660. The first kappa shape index (κ1) is 19.3. The van der Waals surface area contributed by atoms with Crippen LogP contribution in [0.4, 0.5) is 0 Å². The number of carbonyl (C=O) groups is 2. The Morgan fingerprint density at radius 2 is 1.61 bits per heavy atom. The highest BCUT2D eigenvalue weighted by Gasteiger charge is 2.21. The number of hydrogen-bond acceptors (Lipinski definition) is 4. The highest BCUT2D eigenvalue weighted by molar-refractivity contribution is 5.96. The Morgan fingerprint density at radius 1 is 0.964 bits per heavy atom. The third-order valence-corrected chi connectivity index (χ3v) is 4.51. The van der Waals surface area contributed by atoms with E-state index in [4.69, 9.17) is 4.74 Å². The van der Waals surface area contributed by atoms with Gasteiger partial charge in [0, 0.05) is 5.56 Å². The van der Waals surface area contributed by atoms with Gasteiger partial charge in [-0.2, -0.15) is 0 Å². The first-order valence-corrected chi connectivity index (χ1v) is 9.04. The molecule has 0 radical (unpaired) electrons. The van der Waals surface area contributed by atoms with E-state index < -0.39 is 6.04 Å². The summed E-state index contributed by atoms with van der Waals surface area (Å²) >= 11 is 0. The maximum Gasteiger partial charge on any atom is 0.307 e. The van der Waals surface area contributed by atoms with Gasteiger partial charge >= 0.3 is 5.97 Å². The van der Waals surface area contributed by atoms with Crippen molar-refractivity contribution in [2.45, 2.75) is 19.4 Å². The average molecular weight is 374 g/mol. The summed E-state index contributed by atoms with van der Waals surface area (Å²) in [7, 11) is 1.34. The molecule has 1 heterocycles. The number of pyridine rings is 1. The van der Waals surface area contributed by atoms with Crippen LogP contribution in [0.3, 0.4) is 0 Å². The molecule has 0 spiro atoms. The molecule has 1 unspecified atom stereocenters. The van der Waals surface area contributed by atoms with Gasteiger partial charge in [-0.1, -0.05) is 60.7 Å². The summed E-state index contributed by atoms with van der Waals surface area (Å²) in [6.45, 7) is 1.80. The van der Waals surface area contributed by atoms with Crippen LogP contribution in [-0.4, -0.2) is 24.0 Å². The van der Waals surface area contributed by atoms with Crippen LogP contribution in [0, 0.1) is 6.92 Å². The average Bonchev–Trinajstić information content (AvgIpc) is 2.74. The van der Waals surface area contributed by atoms with E-state index in [-0.39, 0.29) is 18.3 Å². The molecule has 5 nitrogen and oxygen atoms in total. The molecule has 1 N–H and O–H groups in total. The minimum atomic E-state index is -0.477. The highest BCUT2D eigenvalue weighted by atomic mass is 16.5. The predicted molar refractivity (Wildman–Crippen MR) is 108 cm³/mol. The van der Waals surface area contributed by atoms with Crippen LogP contribution >= 0.6 is 0 Å². The number of nitrogens with zero attached hydrogens (tertiary/aromatic N) is 1. The minimum absolute atomic E-state index is 0.0564. The van der Waals surface area contributed by atoms with E-state index in [1.165, 1.54) is 7.11 Å². The molecule has 1 amide bonds. The number of carbonyl (C=O) groups excluding carboxylic acids is 2. The van der Waals surface area contributed by atoms with E-state index in [2.05, 4.69) is 10.3 Å². The zero-order valence-electron chi connectivity index (χ0n) is 15.9. The fourth-order valence-electron chi connectivity index (χ4n) is 2.99. The maximum absolute atomic E-state index is 12.9. The monoisotopic (exact) mass is 374 g/mol. The summed E-state index contributed by atoms with van der Waals surface area (Å²) in [4.78, 5) is 29.2. The van der Waals surface area contributed by atoms with Crippen molar-refractivity contribution >= 4 is 11.9 Å². The first-order valence-electron chi connectivity index (χ1n) is 9.04. The van der Waals surface area contributed by atoms with E-state index in [9.17, 15) is 9.59 Å². The number of aromatic nitrogens is 1. The molecule has 0 aliphatic carbocycles. The van der Waals surface area contributed by atoms with Crippen LogP contribution in [0.25, 0.3) is 11.3 Å². The molecule has 0 bridgehead atoms. The zero-order chi connectivity index (χ0) is 19.9. The Bertz CT molecular complexity index is 956. The number of rotatable bonds is 6. The Kier molecular flexibility index (Phi) is 6.17. The molecule has 0 aliphatic heterocycles. The van der Waals surface area contributed by atoms with Crippen molar-refractivity contribution in [3.05, 3.63) is 89.6 Å². The lowest BCUT2D eigenvalue weighted by Crippen LogP contribution is -2.31. The first-order chi connectivity index (χ1) is 13.6. The normalized spacial score (nSPS) is 11.5. The second-order valence-corrected chi connectivity index (χ2v) is 6.41. The summed E-state index contributed by atoms with van der Waals surface area (Å²) in [5.74, 6) is -0.661. The standard InChI is InChI=1S/C23H22N2O3/c1-16-19(13-14-20(24-16)17-9-5-3-6-10-17)23(27)25-21(15-22(26)28-2)18-11-7-4-8-12-18/h3-14,21H,15H2,1-2H3,(H,25,27). The lowest BCUT2D eigenvalue weighted by atomic mass is 10.0. The van der Waals surface area contributed by atoms with Crippen LogP contribution in [0.1, 0.15) is 34.1 Å². The second-order valence-electron chi connectivity index (χ2n) is 6.41. The van der Waals surface area contributed by atoms with E-state index in [1.54, 1.807) is 13.0 Å². The van der Waals surface area contributed by atoms with Gasteiger partial charge in [0.05, 0.1) is 36.5 Å². The second kappa shape index (κ2) is 8.95. The number of nitrogens with one attached hydrogen (secondary N) is 1. The van der Waals surface area contributed by atoms with Gasteiger partial charge in [0.1, 0.15) is 0 Å². The van der Waals surface area contributed by atoms with Crippen molar-refractivity contribution in [1.82, 2.24) is 10.3 Å². The van der Waals surface area contributed by atoms with Crippen LogP contribution in [0.5, 0.6) is 0 Å². The van der Waals surface area contributed by atoms with Gasteiger partial charge in [-0.05, 0) is 24.6 Å². The molecule has 3 rings (SSSR count). The summed E-state index contributed by atoms with van der Waals surface area (Å²) < 4.78 is 4.78. The number of esters is 1. The lowest BCUT2D eigenvalue weighted by Gasteiger charge is -2.19. The van der Waals surface area contributed by atoms with Crippen molar-refractivity contribution in [2.24, 2.45) is 0 Å². The zero-order valence-corrected chi connectivity index (χ0v) is 15.9. The smallest absolute Gasteiger partial charge is 0.307 e. The Labute approximate surface area is 164 Å². The Morgan fingerprint density at radius 3 is 2.21 bits per heavy atom. The highest BCUT2D eigenvalue weighted by Crippen LogP contribution is 2.21. The molecule has 1 aromatic heterocycles. The number of hydrogen-bond donors (Lipinski definition) is 1. The third-order valence-electron chi connectivity index (χ3n) is 4.51. The van der Waals surface area contributed by atoms with Gasteiger partial charge < -0.3 is 10.1 Å². The largest absolute Gasteiger partial charge is 0.469 e. The molecule has 2 aromatic carbocycles. The Balaban J connectivity index is 1.82. The molecule has 142 valence electrons. The van der Waals surface area contributed by atoms with Gasteiger partial charge in [-0.25, -0.2) is 0 Å². The minimum Gasteiger partial charge on any atom is -0.469 e. The molecular formula is C23H22N2O3. The molecule has 3 aromatic rings. The van der Waals surface area contributed by atoms with Crippen LogP contribution in [0.15, 0.2) is 72.8 Å². The van der Waals surface area contributed by atoms with Crippen LogP contribution in [0.2, 0.25) is 0 Å². The van der Waals surface area contributed by atoms with Gasteiger partial charge in [0.15, 0.2) is 0 Å². The third kappa shape index (κ3) is 4.62. The van der Waals surface area contributed by atoms with Gasteiger partial charge in [-0.15, -0.1) is 0 Å². The summed E-state index contributed by atoms with van der Waals surface area (Å²) in [6.07, 6.45) is 0.0564. The molecule has 1 atom stereocenters. The summed E-state index contributed by atoms with van der Waals surface area (Å²) in [5.41, 5.74) is 3.75. The van der Waals surface area contributed by atoms with Gasteiger partial charge in [0.2, 0.25) is 0 Å². The lowest BCUT2D eigenvalue weighted by molar-refractivity contribution is -0.141. The summed E-state index contributed by atoms with van der Waals surface area (Å²) in [6, 6.07) is 22.3. The molecular weight excluding hydrogens is 352 g/mol. The number of benzene rings is 2. The van der Waals surface area contributed by atoms with Gasteiger partial charge in [0.25, 0.3) is 5.91 Å². The SMILES string of the molecule is COC(=O)CC(NC(=O)c1ccc(-c2ccccc2)nc1C)c1ccccc1. The molecule has 0 saturated carbocycles. The fraction of sp³-hybridized carbons (Fsp3) is 0.174. The van der Waals surface area contributed by atoms with Gasteiger partial charge in [-0.3, -0.25) is 14.6 Å². The number of amides is 1. The molecule has 5 heteroatoms. The number of aryl methyl sites for hydroxylation is 1. The van der Waals surface area contributed by atoms with Crippen molar-refractivity contribution < 1.29 is 14.3 Å². The molecule has 0 saturated heterocycles. The van der Waals surface area contributed by atoms with E-state index in [0.29, 0.717) is 11.3 Å². The molecule has 0 aliphatic rings. The topological polar surface area (TPSA) is 68.3 Å². The Hall–Kier alpha value is -3.47. The number of ether oxygens (including phenoxy) is 1. The van der Waals surface area contributed by atoms with Crippen molar-refractivity contribution in [3.8, 4) is 11.3 Å². The van der Waals surface area contributed by atoms with Crippen molar-refractivity contribution in [3.63, 3.8) is 0 Å². The fourth-order valence-corrected chi connectivity index (χ4v) is 2.99. The predicted octanol–water partition coefficient (Wildman–Crippen LogP) is 4.09. The van der Waals surface area contributed by atoms with Crippen molar-refractivity contribution in [1.29, 1.82) is 0 Å². The van der Waals surface area contributed by atoms with Crippen LogP contribution in [-0.2, 0) is 9.53 Å². The van der Waals surface area contributed by atoms with E-state index in [0.717, 1.165) is 16.8 Å². The number of methoxy groups -OCH3 is 1. The van der Waals surface area contributed by atoms with E-state index >= 15 is 0 Å².